The van der Waals surface area contributed by atoms with Crippen LogP contribution < -0.4 is 0 Å². The third kappa shape index (κ3) is 4.16. The van der Waals surface area contributed by atoms with Gasteiger partial charge in [0.15, 0.2) is 0 Å². The van der Waals surface area contributed by atoms with Gasteiger partial charge in [-0.25, -0.2) is 4.68 Å². The SMILES string of the molecule is CN(CC(=O)N1CCCC(C(=O)O)C1)C(=O)c1ccccc1-n1cccn1. The van der Waals surface area contributed by atoms with Crippen LogP contribution in [0.5, 0.6) is 0 Å². The number of benzene rings is 1. The smallest absolute Gasteiger partial charge is 0.308 e. The van der Waals surface area contributed by atoms with Crippen molar-refractivity contribution in [3.8, 4) is 5.69 Å². The molecule has 1 fully saturated rings. The molecule has 2 amide bonds. The Hall–Kier alpha value is -3.16. The van der Waals surface area contributed by atoms with Crippen LogP contribution in [0.15, 0.2) is 42.7 Å². The molecule has 1 saturated heterocycles. The summed E-state index contributed by atoms with van der Waals surface area (Å²) in [5.41, 5.74) is 1.08. The lowest BCUT2D eigenvalue weighted by Gasteiger charge is -2.32. The number of aromatic nitrogens is 2. The summed E-state index contributed by atoms with van der Waals surface area (Å²) in [5.74, 6) is -1.95. The molecule has 1 N–H and O–H groups in total. The fraction of sp³-hybridized carbons (Fsp3) is 0.368. The van der Waals surface area contributed by atoms with Crippen LogP contribution in [-0.4, -0.2) is 69.2 Å². The zero-order chi connectivity index (χ0) is 19.4. The van der Waals surface area contributed by atoms with Crippen LogP contribution in [0.25, 0.3) is 5.69 Å². The molecule has 1 unspecified atom stereocenters. The Kier molecular flexibility index (Phi) is 5.54. The zero-order valence-corrected chi connectivity index (χ0v) is 15.1. The van der Waals surface area contributed by atoms with Gasteiger partial charge in [0.05, 0.1) is 23.7 Å². The van der Waals surface area contributed by atoms with E-state index in [0.717, 1.165) is 0 Å². The van der Waals surface area contributed by atoms with Crippen LogP contribution in [0.1, 0.15) is 23.2 Å². The maximum Gasteiger partial charge on any atom is 0.308 e. The summed E-state index contributed by atoms with van der Waals surface area (Å²) in [6, 6.07) is 8.83. The van der Waals surface area contributed by atoms with E-state index in [1.54, 1.807) is 48.4 Å². The minimum absolute atomic E-state index is 0.0986. The van der Waals surface area contributed by atoms with E-state index >= 15 is 0 Å². The predicted molar refractivity (Wildman–Crippen MR) is 97.5 cm³/mol. The molecule has 1 aromatic heterocycles. The molecule has 2 heterocycles. The average molecular weight is 370 g/mol. The highest BCUT2D eigenvalue weighted by molar-refractivity contribution is 5.99. The summed E-state index contributed by atoms with van der Waals surface area (Å²) in [7, 11) is 1.57. The number of hydrogen-bond acceptors (Lipinski definition) is 4. The quantitative estimate of drug-likeness (QED) is 0.855. The van der Waals surface area contributed by atoms with Crippen molar-refractivity contribution in [1.29, 1.82) is 0 Å². The van der Waals surface area contributed by atoms with Gasteiger partial charge in [0.1, 0.15) is 0 Å². The van der Waals surface area contributed by atoms with E-state index in [2.05, 4.69) is 5.10 Å². The molecule has 8 nitrogen and oxygen atoms in total. The van der Waals surface area contributed by atoms with E-state index in [0.29, 0.717) is 30.6 Å². The molecule has 1 aromatic carbocycles. The van der Waals surface area contributed by atoms with Crippen LogP contribution in [0.4, 0.5) is 0 Å². The van der Waals surface area contributed by atoms with Gasteiger partial charge < -0.3 is 14.9 Å². The lowest BCUT2D eigenvalue weighted by molar-refractivity contribution is -0.145. The normalized spacial score (nSPS) is 16.8. The first-order valence-corrected chi connectivity index (χ1v) is 8.82. The van der Waals surface area contributed by atoms with Crippen LogP contribution in [0.2, 0.25) is 0 Å². The third-order valence-electron chi connectivity index (χ3n) is 4.73. The second-order valence-corrected chi connectivity index (χ2v) is 6.65. The van der Waals surface area contributed by atoms with Crippen molar-refractivity contribution in [1.82, 2.24) is 19.6 Å². The van der Waals surface area contributed by atoms with E-state index in [4.69, 9.17) is 5.11 Å². The molecule has 27 heavy (non-hydrogen) atoms. The highest BCUT2D eigenvalue weighted by Gasteiger charge is 2.29. The van der Waals surface area contributed by atoms with E-state index in [1.165, 1.54) is 9.80 Å². The molecular weight excluding hydrogens is 348 g/mol. The minimum Gasteiger partial charge on any atom is -0.481 e. The molecule has 0 saturated carbocycles. The van der Waals surface area contributed by atoms with Gasteiger partial charge in [0, 0.05) is 32.5 Å². The molecule has 0 aliphatic carbocycles. The Morgan fingerprint density at radius 1 is 1.26 bits per heavy atom. The van der Waals surface area contributed by atoms with Gasteiger partial charge in [0.2, 0.25) is 5.91 Å². The van der Waals surface area contributed by atoms with Gasteiger partial charge in [-0.3, -0.25) is 14.4 Å². The Morgan fingerprint density at radius 3 is 2.74 bits per heavy atom. The first kappa shape index (κ1) is 18.6. The topological polar surface area (TPSA) is 95.7 Å². The van der Waals surface area contributed by atoms with Crippen molar-refractivity contribution in [2.75, 3.05) is 26.7 Å². The summed E-state index contributed by atoms with van der Waals surface area (Å²) in [6.07, 6.45) is 4.61. The van der Waals surface area contributed by atoms with Crippen LogP contribution >= 0.6 is 0 Å². The van der Waals surface area contributed by atoms with Crippen molar-refractivity contribution in [3.63, 3.8) is 0 Å². The number of nitrogens with zero attached hydrogens (tertiary/aromatic N) is 4. The predicted octanol–water partition coefficient (Wildman–Crippen LogP) is 1.27. The molecule has 8 heteroatoms. The first-order valence-electron chi connectivity index (χ1n) is 8.82. The number of para-hydroxylation sites is 1. The highest BCUT2D eigenvalue weighted by atomic mass is 16.4. The summed E-state index contributed by atoms with van der Waals surface area (Å²) >= 11 is 0. The molecule has 0 bridgehead atoms. The molecule has 3 rings (SSSR count). The Balaban J connectivity index is 1.70. The number of likely N-dealkylation sites (N-methyl/N-ethyl adjacent to an activating group) is 1. The molecular formula is C19H22N4O4. The molecule has 2 aromatic rings. The third-order valence-corrected chi connectivity index (χ3v) is 4.73. The van der Waals surface area contributed by atoms with E-state index in [-0.39, 0.29) is 24.9 Å². The summed E-state index contributed by atoms with van der Waals surface area (Å²) in [4.78, 5) is 39.5. The Morgan fingerprint density at radius 2 is 2.04 bits per heavy atom. The number of hydrogen-bond donors (Lipinski definition) is 1. The van der Waals surface area contributed by atoms with Gasteiger partial charge in [-0.2, -0.15) is 5.10 Å². The van der Waals surface area contributed by atoms with Crippen molar-refractivity contribution in [2.24, 2.45) is 5.92 Å². The number of carbonyl (C=O) groups is 3. The number of amides is 2. The number of likely N-dealkylation sites (tertiary alicyclic amines) is 1. The van der Waals surface area contributed by atoms with E-state index < -0.39 is 11.9 Å². The molecule has 1 aliphatic heterocycles. The maximum absolute atomic E-state index is 12.9. The summed E-state index contributed by atoms with van der Waals surface area (Å²) in [5, 5.41) is 13.3. The fourth-order valence-electron chi connectivity index (χ4n) is 3.25. The number of piperidine rings is 1. The van der Waals surface area contributed by atoms with Crippen molar-refractivity contribution in [3.05, 3.63) is 48.3 Å². The van der Waals surface area contributed by atoms with Crippen LogP contribution in [-0.2, 0) is 9.59 Å². The second kappa shape index (κ2) is 8.03. The summed E-state index contributed by atoms with van der Waals surface area (Å²) < 4.78 is 1.60. The van der Waals surface area contributed by atoms with Crippen LogP contribution in [0, 0.1) is 5.92 Å². The van der Waals surface area contributed by atoms with E-state index in [9.17, 15) is 14.4 Å². The number of carbonyl (C=O) groups excluding carboxylic acids is 2. The van der Waals surface area contributed by atoms with Gasteiger partial charge >= 0.3 is 5.97 Å². The largest absolute Gasteiger partial charge is 0.481 e. The second-order valence-electron chi connectivity index (χ2n) is 6.65. The lowest BCUT2D eigenvalue weighted by Crippen LogP contribution is -2.47. The number of carboxylic acids is 1. The van der Waals surface area contributed by atoms with Gasteiger partial charge in [-0.05, 0) is 31.0 Å². The zero-order valence-electron chi connectivity index (χ0n) is 15.1. The molecule has 142 valence electrons. The Bertz CT molecular complexity index is 834. The van der Waals surface area contributed by atoms with E-state index in [1.807, 2.05) is 6.07 Å². The molecule has 1 atom stereocenters. The van der Waals surface area contributed by atoms with Gasteiger partial charge in [0.25, 0.3) is 5.91 Å². The average Bonchev–Trinajstić information content (AvgIpc) is 3.22. The fourth-order valence-corrected chi connectivity index (χ4v) is 3.25. The first-order chi connectivity index (χ1) is 13.0. The van der Waals surface area contributed by atoms with Gasteiger partial charge in [-0.1, -0.05) is 12.1 Å². The number of rotatable bonds is 5. The standard InChI is InChI=1S/C19H22N4O4/c1-21(13-17(24)22-10-4-6-14(12-22)19(26)27)18(25)15-7-2-3-8-16(15)23-11-5-9-20-23/h2-3,5,7-9,11,14H,4,6,10,12-13H2,1H3,(H,26,27). The van der Waals surface area contributed by atoms with Crippen molar-refractivity contribution >= 4 is 17.8 Å². The molecule has 1 aliphatic rings. The highest BCUT2D eigenvalue weighted by Crippen LogP contribution is 2.18. The number of aliphatic carboxylic acids is 1. The maximum atomic E-state index is 12.9. The van der Waals surface area contributed by atoms with Crippen molar-refractivity contribution < 1.29 is 19.5 Å². The van der Waals surface area contributed by atoms with Crippen LogP contribution in [0.3, 0.4) is 0 Å². The minimum atomic E-state index is -0.884. The molecule has 0 radical (unpaired) electrons. The molecule has 0 spiro atoms. The monoisotopic (exact) mass is 370 g/mol. The summed E-state index contributed by atoms with van der Waals surface area (Å²) in [6.45, 7) is 0.618. The van der Waals surface area contributed by atoms with Gasteiger partial charge in [-0.15, -0.1) is 0 Å². The number of carboxylic acid groups (broad SMARTS) is 1. The Labute approximate surface area is 157 Å². The lowest BCUT2D eigenvalue weighted by atomic mass is 9.98. The van der Waals surface area contributed by atoms with Crippen molar-refractivity contribution in [2.45, 2.75) is 12.8 Å².